The molecule has 0 fully saturated rings. The third-order valence-corrected chi connectivity index (χ3v) is 3.70. The van der Waals surface area contributed by atoms with Crippen molar-refractivity contribution >= 4 is 17.4 Å². The Kier molecular flexibility index (Phi) is 4.99. The summed E-state index contributed by atoms with van der Waals surface area (Å²) in [6, 6.07) is 13.8. The molecule has 0 aliphatic rings. The lowest BCUT2D eigenvalue weighted by molar-refractivity contribution is 0.0945. The third-order valence-electron chi connectivity index (χ3n) is 3.70. The summed E-state index contributed by atoms with van der Waals surface area (Å²) in [5.74, 6) is -0.122. The molecule has 0 aliphatic carbocycles. The van der Waals surface area contributed by atoms with Gasteiger partial charge in [0.15, 0.2) is 0 Å². The van der Waals surface area contributed by atoms with E-state index in [1.165, 1.54) is 24.5 Å². The predicted molar refractivity (Wildman–Crippen MR) is 94.1 cm³/mol. The molecule has 5 nitrogen and oxygen atoms in total. The predicted octanol–water partition coefficient (Wildman–Crippen LogP) is 3.60. The van der Waals surface area contributed by atoms with Crippen LogP contribution in [0.25, 0.3) is 0 Å². The van der Waals surface area contributed by atoms with Crippen LogP contribution in [0.2, 0.25) is 0 Å². The van der Waals surface area contributed by atoms with Crippen molar-refractivity contribution in [2.75, 3.05) is 5.32 Å². The molecule has 0 bridgehead atoms. The molecule has 1 aromatic heterocycles. The van der Waals surface area contributed by atoms with Gasteiger partial charge in [0.2, 0.25) is 0 Å². The fourth-order valence-electron chi connectivity index (χ4n) is 2.27. The number of aromatic nitrogens is 2. The number of hydrogen-bond acceptors (Lipinski definition) is 4. The molecule has 0 aliphatic heterocycles. The maximum Gasteiger partial charge on any atom is 0.271 e. The van der Waals surface area contributed by atoms with Crippen LogP contribution in [0, 0.1) is 12.7 Å². The Morgan fingerprint density at radius 1 is 1.04 bits per heavy atom. The molecule has 0 saturated carbocycles. The van der Waals surface area contributed by atoms with E-state index in [9.17, 15) is 9.18 Å². The summed E-state index contributed by atoms with van der Waals surface area (Å²) < 4.78 is 12.9. The zero-order valence-electron chi connectivity index (χ0n) is 13.7. The monoisotopic (exact) mass is 336 g/mol. The topological polar surface area (TPSA) is 66.9 Å². The van der Waals surface area contributed by atoms with Gasteiger partial charge in [0.25, 0.3) is 5.91 Å². The first-order chi connectivity index (χ1) is 12.1. The van der Waals surface area contributed by atoms with E-state index < -0.39 is 0 Å². The van der Waals surface area contributed by atoms with E-state index in [1.54, 1.807) is 12.1 Å². The van der Waals surface area contributed by atoms with Gasteiger partial charge in [-0.1, -0.05) is 24.3 Å². The van der Waals surface area contributed by atoms with Gasteiger partial charge in [-0.3, -0.25) is 4.79 Å². The lowest BCUT2D eigenvalue weighted by Gasteiger charge is -2.08. The number of amides is 1. The summed E-state index contributed by atoms with van der Waals surface area (Å²) in [4.78, 5) is 20.4. The first-order valence-corrected chi connectivity index (χ1v) is 7.79. The number of rotatable bonds is 5. The zero-order valence-corrected chi connectivity index (χ0v) is 13.7. The summed E-state index contributed by atoms with van der Waals surface area (Å²) in [6.07, 6.45) is 2.87. The van der Waals surface area contributed by atoms with Crippen LogP contribution in [0.3, 0.4) is 0 Å². The Balaban J connectivity index is 1.60. The SMILES string of the molecule is Cc1ccccc1CNC(=O)c1cnc(Nc2ccc(F)cc2)cn1. The zero-order chi connectivity index (χ0) is 17.6. The highest BCUT2D eigenvalue weighted by Crippen LogP contribution is 2.14. The standard InChI is InChI=1S/C19H17FN4O/c1-13-4-2-3-5-14(13)10-23-19(25)17-11-22-18(12-21-17)24-16-8-6-15(20)7-9-16/h2-9,11-12H,10H2,1H3,(H,22,24)(H,23,25). The molecule has 2 N–H and O–H groups in total. The molecule has 3 aromatic rings. The van der Waals surface area contributed by atoms with E-state index in [1.807, 2.05) is 31.2 Å². The van der Waals surface area contributed by atoms with E-state index in [-0.39, 0.29) is 17.4 Å². The van der Waals surface area contributed by atoms with Crippen molar-refractivity contribution in [3.63, 3.8) is 0 Å². The van der Waals surface area contributed by atoms with Gasteiger partial charge in [0.1, 0.15) is 17.3 Å². The normalized spacial score (nSPS) is 10.3. The van der Waals surface area contributed by atoms with Crippen LogP contribution in [0.4, 0.5) is 15.9 Å². The smallest absolute Gasteiger partial charge is 0.271 e. The second kappa shape index (κ2) is 7.53. The minimum atomic E-state index is -0.308. The Labute approximate surface area is 145 Å². The molecule has 1 heterocycles. The van der Waals surface area contributed by atoms with Crippen molar-refractivity contribution in [3.8, 4) is 0 Å². The van der Waals surface area contributed by atoms with Crippen LogP contribution in [-0.4, -0.2) is 15.9 Å². The highest BCUT2D eigenvalue weighted by molar-refractivity contribution is 5.92. The number of benzene rings is 2. The van der Waals surface area contributed by atoms with Crippen LogP contribution < -0.4 is 10.6 Å². The molecule has 6 heteroatoms. The fraction of sp³-hybridized carbons (Fsp3) is 0.105. The summed E-state index contributed by atoms with van der Waals surface area (Å²) in [5.41, 5.74) is 3.09. The molecule has 0 radical (unpaired) electrons. The van der Waals surface area contributed by atoms with Gasteiger partial charge in [0, 0.05) is 12.2 Å². The molecule has 0 atom stereocenters. The first kappa shape index (κ1) is 16.6. The average Bonchev–Trinajstić information content (AvgIpc) is 2.63. The van der Waals surface area contributed by atoms with E-state index in [4.69, 9.17) is 0 Å². The minimum absolute atomic E-state index is 0.234. The van der Waals surface area contributed by atoms with Crippen LogP contribution in [0.15, 0.2) is 60.9 Å². The summed E-state index contributed by atoms with van der Waals surface area (Å²) >= 11 is 0. The summed E-state index contributed by atoms with van der Waals surface area (Å²) in [5, 5.41) is 5.82. The lowest BCUT2D eigenvalue weighted by atomic mass is 10.1. The van der Waals surface area contributed by atoms with Crippen molar-refractivity contribution < 1.29 is 9.18 Å². The molecule has 3 rings (SSSR count). The average molecular weight is 336 g/mol. The van der Waals surface area contributed by atoms with E-state index >= 15 is 0 Å². The van der Waals surface area contributed by atoms with Gasteiger partial charge >= 0.3 is 0 Å². The van der Waals surface area contributed by atoms with Crippen molar-refractivity contribution in [3.05, 3.63) is 83.6 Å². The Morgan fingerprint density at radius 2 is 1.80 bits per heavy atom. The molecule has 1 amide bonds. The number of hydrogen-bond donors (Lipinski definition) is 2. The van der Waals surface area contributed by atoms with Crippen LogP contribution >= 0.6 is 0 Å². The molecule has 0 spiro atoms. The Morgan fingerprint density at radius 3 is 2.48 bits per heavy atom. The van der Waals surface area contributed by atoms with Gasteiger partial charge in [0.05, 0.1) is 12.4 Å². The molecular formula is C19H17FN4O. The number of carbonyl (C=O) groups is 1. The maximum absolute atomic E-state index is 12.9. The maximum atomic E-state index is 12.9. The van der Waals surface area contributed by atoms with Crippen LogP contribution in [0.1, 0.15) is 21.6 Å². The summed E-state index contributed by atoms with van der Waals surface area (Å²) in [6.45, 7) is 2.43. The number of halogens is 1. The minimum Gasteiger partial charge on any atom is -0.347 e. The lowest BCUT2D eigenvalue weighted by Crippen LogP contribution is -2.24. The molecule has 0 saturated heterocycles. The quantitative estimate of drug-likeness (QED) is 0.747. The van der Waals surface area contributed by atoms with Crippen molar-refractivity contribution in [2.24, 2.45) is 0 Å². The number of anilines is 2. The third kappa shape index (κ3) is 4.38. The van der Waals surface area contributed by atoms with Gasteiger partial charge in [-0.05, 0) is 42.3 Å². The van der Waals surface area contributed by atoms with Crippen molar-refractivity contribution in [1.82, 2.24) is 15.3 Å². The summed E-state index contributed by atoms with van der Waals surface area (Å²) in [7, 11) is 0. The number of aryl methyl sites for hydroxylation is 1. The van der Waals surface area contributed by atoms with Crippen LogP contribution in [-0.2, 0) is 6.54 Å². The molecule has 0 unspecified atom stereocenters. The Hall–Kier alpha value is -3.28. The number of carbonyl (C=O) groups excluding carboxylic acids is 1. The number of nitrogens with one attached hydrogen (secondary N) is 2. The Bertz CT molecular complexity index is 863. The highest BCUT2D eigenvalue weighted by Gasteiger charge is 2.08. The van der Waals surface area contributed by atoms with Crippen LogP contribution in [0.5, 0.6) is 0 Å². The van der Waals surface area contributed by atoms with Gasteiger partial charge in [-0.2, -0.15) is 0 Å². The second-order valence-electron chi connectivity index (χ2n) is 5.53. The van der Waals surface area contributed by atoms with E-state index in [2.05, 4.69) is 20.6 Å². The van der Waals surface area contributed by atoms with Gasteiger partial charge in [-0.15, -0.1) is 0 Å². The number of nitrogens with zero attached hydrogens (tertiary/aromatic N) is 2. The fourth-order valence-corrected chi connectivity index (χ4v) is 2.27. The molecule has 25 heavy (non-hydrogen) atoms. The van der Waals surface area contributed by atoms with Gasteiger partial charge in [-0.25, -0.2) is 14.4 Å². The molecule has 126 valence electrons. The second-order valence-corrected chi connectivity index (χ2v) is 5.53. The van der Waals surface area contributed by atoms with E-state index in [0.717, 1.165) is 11.1 Å². The highest BCUT2D eigenvalue weighted by atomic mass is 19.1. The van der Waals surface area contributed by atoms with Gasteiger partial charge < -0.3 is 10.6 Å². The molecule has 2 aromatic carbocycles. The van der Waals surface area contributed by atoms with Crippen molar-refractivity contribution in [1.29, 1.82) is 0 Å². The first-order valence-electron chi connectivity index (χ1n) is 7.79. The van der Waals surface area contributed by atoms with Crippen molar-refractivity contribution in [2.45, 2.75) is 13.5 Å². The largest absolute Gasteiger partial charge is 0.347 e. The molecular weight excluding hydrogens is 319 g/mol. The van der Waals surface area contributed by atoms with E-state index in [0.29, 0.717) is 18.1 Å².